The Balaban J connectivity index is 2.14. The molecule has 1 heterocycles. The number of rotatable bonds is 3. The van der Waals surface area contributed by atoms with Crippen molar-refractivity contribution in [1.82, 2.24) is 0 Å². The Bertz CT molecular complexity index is 591. The molecule has 1 aromatic rings. The van der Waals surface area contributed by atoms with Crippen LogP contribution in [-0.4, -0.2) is 30.0 Å². The van der Waals surface area contributed by atoms with E-state index in [9.17, 15) is 14.4 Å². The molecule has 1 aromatic carbocycles. The normalized spacial score (nSPS) is 19.8. The van der Waals surface area contributed by atoms with E-state index < -0.39 is 30.0 Å². The lowest BCUT2D eigenvalue weighted by Gasteiger charge is -2.15. The van der Waals surface area contributed by atoms with Gasteiger partial charge in [0.05, 0.1) is 0 Å². The van der Waals surface area contributed by atoms with Crippen molar-refractivity contribution in [2.75, 3.05) is 0 Å². The van der Waals surface area contributed by atoms with E-state index in [4.69, 9.17) is 18.9 Å². The molecule has 21 heavy (non-hydrogen) atoms. The smallest absolute Gasteiger partial charge is 0.379 e. The molecule has 1 fully saturated rings. The van der Waals surface area contributed by atoms with Crippen LogP contribution in [0.2, 0.25) is 0 Å². The number of esters is 3. The van der Waals surface area contributed by atoms with Gasteiger partial charge in [0, 0.05) is 20.8 Å². The molecule has 0 amide bonds. The number of hydrogen-bond donors (Lipinski definition) is 0. The standard InChI is InChI=1S/C14H14O7/c1-8(15)18-10-7-5-4-6-9(10)11(16)19-13-12(17)20-14(2,3)21-13/h4-7,13H,1-3H3. The van der Waals surface area contributed by atoms with E-state index in [0.29, 0.717) is 0 Å². The summed E-state index contributed by atoms with van der Waals surface area (Å²) < 4.78 is 19.9. The van der Waals surface area contributed by atoms with Gasteiger partial charge in [-0.05, 0) is 12.1 Å². The Hall–Kier alpha value is -2.41. The largest absolute Gasteiger partial charge is 0.429 e. The van der Waals surface area contributed by atoms with Gasteiger partial charge in [0.15, 0.2) is 0 Å². The minimum atomic E-state index is -1.45. The van der Waals surface area contributed by atoms with E-state index in [0.717, 1.165) is 0 Å². The molecule has 0 aliphatic carbocycles. The summed E-state index contributed by atoms with van der Waals surface area (Å²) in [6, 6.07) is 6.02. The highest BCUT2D eigenvalue weighted by atomic mass is 16.8. The SMILES string of the molecule is CC(=O)Oc1ccccc1C(=O)OC1OC(C)(C)OC1=O. The summed E-state index contributed by atoms with van der Waals surface area (Å²) >= 11 is 0. The fourth-order valence-electron chi connectivity index (χ4n) is 1.73. The second kappa shape index (κ2) is 5.53. The molecule has 0 N–H and O–H groups in total. The lowest BCUT2D eigenvalue weighted by atomic mass is 10.2. The highest BCUT2D eigenvalue weighted by Crippen LogP contribution is 2.26. The maximum absolute atomic E-state index is 12.1. The van der Waals surface area contributed by atoms with Crippen LogP contribution in [0.5, 0.6) is 5.75 Å². The van der Waals surface area contributed by atoms with Gasteiger partial charge < -0.3 is 14.2 Å². The summed E-state index contributed by atoms with van der Waals surface area (Å²) in [7, 11) is 0. The third-order valence-corrected chi connectivity index (χ3v) is 2.50. The van der Waals surface area contributed by atoms with Gasteiger partial charge in [0.2, 0.25) is 5.79 Å². The molecule has 0 saturated carbocycles. The van der Waals surface area contributed by atoms with Crippen molar-refractivity contribution in [3.8, 4) is 5.75 Å². The van der Waals surface area contributed by atoms with Crippen molar-refractivity contribution in [3.63, 3.8) is 0 Å². The van der Waals surface area contributed by atoms with Gasteiger partial charge in [-0.25, -0.2) is 9.59 Å². The quantitative estimate of drug-likeness (QED) is 0.615. The molecule has 0 bridgehead atoms. The number of ether oxygens (including phenoxy) is 4. The van der Waals surface area contributed by atoms with Gasteiger partial charge >= 0.3 is 24.2 Å². The summed E-state index contributed by atoms with van der Waals surface area (Å²) in [5.74, 6) is -3.34. The van der Waals surface area contributed by atoms with Crippen LogP contribution in [0.3, 0.4) is 0 Å². The predicted molar refractivity (Wildman–Crippen MR) is 68.2 cm³/mol. The van der Waals surface area contributed by atoms with Crippen molar-refractivity contribution in [1.29, 1.82) is 0 Å². The van der Waals surface area contributed by atoms with Crippen LogP contribution in [0.25, 0.3) is 0 Å². The molecule has 7 nitrogen and oxygen atoms in total. The number of cyclic esters (lactones) is 1. The Labute approximate surface area is 120 Å². The van der Waals surface area contributed by atoms with Gasteiger partial charge in [-0.3, -0.25) is 9.53 Å². The molecule has 7 heteroatoms. The Morgan fingerprint density at radius 1 is 1.24 bits per heavy atom. The van der Waals surface area contributed by atoms with Crippen molar-refractivity contribution in [2.45, 2.75) is 32.8 Å². The van der Waals surface area contributed by atoms with Crippen LogP contribution in [0.15, 0.2) is 24.3 Å². The summed E-state index contributed by atoms with van der Waals surface area (Å²) in [6.45, 7) is 4.25. The summed E-state index contributed by atoms with van der Waals surface area (Å²) in [5.41, 5.74) is 0.00815. The fraction of sp³-hybridized carbons (Fsp3) is 0.357. The first-order chi connectivity index (χ1) is 9.78. The minimum Gasteiger partial charge on any atom is -0.429 e. The van der Waals surface area contributed by atoms with Gasteiger partial charge in [0.25, 0.3) is 0 Å². The lowest BCUT2D eigenvalue weighted by molar-refractivity contribution is -0.175. The maximum Gasteiger partial charge on any atom is 0.379 e. The van der Waals surface area contributed by atoms with E-state index in [2.05, 4.69) is 0 Å². The molecule has 0 spiro atoms. The molecular weight excluding hydrogens is 280 g/mol. The topological polar surface area (TPSA) is 88.1 Å². The molecule has 1 aliphatic rings. The van der Waals surface area contributed by atoms with Gasteiger partial charge in [-0.1, -0.05) is 12.1 Å². The molecule has 1 aliphatic heterocycles. The average molecular weight is 294 g/mol. The van der Waals surface area contributed by atoms with Crippen LogP contribution in [0, 0.1) is 0 Å². The molecule has 0 aromatic heterocycles. The third-order valence-electron chi connectivity index (χ3n) is 2.50. The molecule has 112 valence electrons. The summed E-state index contributed by atoms with van der Waals surface area (Å²) in [6.07, 6.45) is -1.45. The first-order valence-corrected chi connectivity index (χ1v) is 6.17. The lowest BCUT2D eigenvalue weighted by Crippen LogP contribution is -2.26. The monoisotopic (exact) mass is 294 g/mol. The summed E-state index contributed by atoms with van der Waals surface area (Å²) in [4.78, 5) is 34.6. The van der Waals surface area contributed by atoms with E-state index in [1.165, 1.54) is 32.9 Å². The number of para-hydroxylation sites is 1. The minimum absolute atomic E-state index is 0.00815. The molecular formula is C14H14O7. The van der Waals surface area contributed by atoms with Crippen molar-refractivity contribution < 1.29 is 33.3 Å². The second-order valence-electron chi connectivity index (χ2n) is 4.77. The van der Waals surface area contributed by atoms with E-state index in [1.807, 2.05) is 0 Å². The zero-order valence-corrected chi connectivity index (χ0v) is 11.7. The zero-order valence-electron chi connectivity index (χ0n) is 11.7. The van der Waals surface area contributed by atoms with Crippen molar-refractivity contribution in [3.05, 3.63) is 29.8 Å². The predicted octanol–water partition coefficient (Wildman–Crippen LogP) is 1.40. The molecule has 1 unspecified atom stereocenters. The number of benzene rings is 1. The van der Waals surface area contributed by atoms with Gasteiger partial charge in [-0.2, -0.15) is 0 Å². The van der Waals surface area contributed by atoms with E-state index >= 15 is 0 Å². The molecule has 1 atom stereocenters. The first kappa shape index (κ1) is 15.0. The number of carbonyl (C=O) groups is 3. The Morgan fingerprint density at radius 2 is 1.90 bits per heavy atom. The van der Waals surface area contributed by atoms with Crippen LogP contribution in [-0.2, 0) is 23.8 Å². The van der Waals surface area contributed by atoms with Crippen LogP contribution in [0.1, 0.15) is 31.1 Å². The molecule has 1 saturated heterocycles. The number of hydrogen-bond acceptors (Lipinski definition) is 7. The highest BCUT2D eigenvalue weighted by Gasteiger charge is 2.44. The van der Waals surface area contributed by atoms with Crippen LogP contribution in [0.4, 0.5) is 0 Å². The average Bonchev–Trinajstić information content (AvgIpc) is 2.62. The summed E-state index contributed by atoms with van der Waals surface area (Å²) in [5, 5.41) is 0. The fourth-order valence-corrected chi connectivity index (χ4v) is 1.73. The zero-order chi connectivity index (χ0) is 15.6. The van der Waals surface area contributed by atoms with Crippen molar-refractivity contribution in [2.24, 2.45) is 0 Å². The van der Waals surface area contributed by atoms with Crippen LogP contribution < -0.4 is 4.74 Å². The van der Waals surface area contributed by atoms with E-state index in [-0.39, 0.29) is 11.3 Å². The van der Waals surface area contributed by atoms with Crippen LogP contribution >= 0.6 is 0 Å². The molecule has 0 radical (unpaired) electrons. The number of carbonyl (C=O) groups excluding carboxylic acids is 3. The van der Waals surface area contributed by atoms with Gasteiger partial charge in [0.1, 0.15) is 11.3 Å². The first-order valence-electron chi connectivity index (χ1n) is 6.17. The second-order valence-corrected chi connectivity index (χ2v) is 4.77. The highest BCUT2D eigenvalue weighted by molar-refractivity contribution is 5.94. The van der Waals surface area contributed by atoms with Gasteiger partial charge in [-0.15, -0.1) is 0 Å². The third kappa shape index (κ3) is 3.57. The Kier molecular flexibility index (Phi) is 3.95. The van der Waals surface area contributed by atoms with E-state index in [1.54, 1.807) is 12.1 Å². The maximum atomic E-state index is 12.1. The Morgan fingerprint density at radius 3 is 2.48 bits per heavy atom. The van der Waals surface area contributed by atoms with Crippen molar-refractivity contribution >= 4 is 17.9 Å². The molecule has 2 rings (SSSR count).